The van der Waals surface area contributed by atoms with E-state index in [-0.39, 0.29) is 40.5 Å². The van der Waals surface area contributed by atoms with Crippen LogP contribution in [0.5, 0.6) is 0 Å². The molecule has 0 aliphatic carbocycles. The third-order valence-electron chi connectivity index (χ3n) is 6.46. The van der Waals surface area contributed by atoms with E-state index in [1.54, 1.807) is 18.2 Å². The summed E-state index contributed by atoms with van der Waals surface area (Å²) in [7, 11) is 0. The molecule has 0 unspecified atom stereocenters. The molecule has 10 heteroatoms. The van der Waals surface area contributed by atoms with Crippen LogP contribution in [-0.4, -0.2) is 43.4 Å². The number of pyridine rings is 1. The van der Waals surface area contributed by atoms with Crippen molar-refractivity contribution in [2.45, 2.75) is 39.7 Å². The summed E-state index contributed by atoms with van der Waals surface area (Å²) in [5.41, 5.74) is 1.59. The monoisotopic (exact) mass is 491 g/mol. The number of nitrogens with one attached hydrogen (secondary N) is 2. The van der Waals surface area contributed by atoms with E-state index in [2.05, 4.69) is 30.6 Å². The number of nitrogens with zero attached hydrogens (tertiary/aromatic N) is 5. The number of imidazole rings is 1. The number of Topliss-reactive ketones (excluding diaryl/α,β-unsaturated/α-hetero) is 1. The molecule has 0 radical (unpaired) electrons. The standard InChI is InChI=1S/C26H27F2N7O/c1-14(2)35-15(3)32-24-19(27)10-18(11-21(24)35)23-20(28)13-31-26(34-23)33-22-5-4-17(12-30-22)25(36)16-6-8-29-9-7-16/h4-5,10-14,16,29H,6-9H2,1-3H3,(H,30,31,33,34). The van der Waals surface area contributed by atoms with Crippen molar-refractivity contribution in [2.75, 3.05) is 18.4 Å². The predicted molar refractivity (Wildman–Crippen MR) is 133 cm³/mol. The number of ketones is 1. The minimum absolute atomic E-state index is 0.00312. The number of aryl methyl sites for hydroxylation is 1. The molecule has 1 aliphatic rings. The fourth-order valence-electron chi connectivity index (χ4n) is 4.74. The highest BCUT2D eigenvalue weighted by Crippen LogP contribution is 2.30. The van der Waals surface area contributed by atoms with Crippen LogP contribution in [-0.2, 0) is 0 Å². The van der Waals surface area contributed by atoms with Crippen molar-refractivity contribution >= 4 is 28.6 Å². The van der Waals surface area contributed by atoms with Gasteiger partial charge in [-0.2, -0.15) is 0 Å². The van der Waals surface area contributed by atoms with Crippen LogP contribution in [0.4, 0.5) is 20.5 Å². The maximum atomic E-state index is 14.9. The Bertz CT molecular complexity index is 1430. The van der Waals surface area contributed by atoms with Crippen molar-refractivity contribution in [1.82, 2.24) is 29.8 Å². The van der Waals surface area contributed by atoms with Gasteiger partial charge in [0.05, 0.1) is 11.7 Å². The summed E-state index contributed by atoms with van der Waals surface area (Å²) in [6.07, 6.45) is 4.19. The van der Waals surface area contributed by atoms with E-state index in [1.165, 1.54) is 12.3 Å². The Labute approximate surface area is 207 Å². The summed E-state index contributed by atoms with van der Waals surface area (Å²) < 4.78 is 31.6. The average molecular weight is 492 g/mol. The van der Waals surface area contributed by atoms with Gasteiger partial charge in [0.2, 0.25) is 5.95 Å². The molecule has 0 bridgehead atoms. The van der Waals surface area contributed by atoms with Gasteiger partial charge in [0.25, 0.3) is 0 Å². The number of halogens is 2. The number of rotatable bonds is 6. The van der Waals surface area contributed by atoms with Crippen molar-refractivity contribution in [2.24, 2.45) is 5.92 Å². The van der Waals surface area contributed by atoms with Crippen LogP contribution in [0.25, 0.3) is 22.3 Å². The van der Waals surface area contributed by atoms with Crippen molar-refractivity contribution in [3.8, 4) is 11.3 Å². The quantitative estimate of drug-likeness (QED) is 0.367. The molecule has 8 nitrogen and oxygen atoms in total. The van der Waals surface area contributed by atoms with Crippen molar-refractivity contribution < 1.29 is 13.6 Å². The second kappa shape index (κ2) is 9.69. The summed E-state index contributed by atoms with van der Waals surface area (Å²) >= 11 is 0. The fourth-order valence-corrected chi connectivity index (χ4v) is 4.74. The summed E-state index contributed by atoms with van der Waals surface area (Å²) in [5.74, 6) is 0.0490. The molecule has 0 amide bonds. The lowest BCUT2D eigenvalue weighted by Crippen LogP contribution is -2.31. The van der Waals surface area contributed by atoms with Crippen LogP contribution in [0.1, 0.15) is 48.9 Å². The zero-order valence-corrected chi connectivity index (χ0v) is 20.3. The Morgan fingerprint density at radius 2 is 1.86 bits per heavy atom. The SMILES string of the molecule is Cc1nc2c(F)cc(-c3nc(Nc4ccc(C(=O)C5CCNCC5)cn4)ncc3F)cc2n1C(C)C. The second-order valence-electron chi connectivity index (χ2n) is 9.28. The third kappa shape index (κ3) is 4.56. The molecule has 186 valence electrons. The lowest BCUT2D eigenvalue weighted by Gasteiger charge is -2.21. The minimum atomic E-state index is -0.678. The lowest BCUT2D eigenvalue weighted by atomic mass is 9.90. The number of fused-ring (bicyclic) bond motifs is 1. The number of aromatic nitrogens is 5. The Morgan fingerprint density at radius 1 is 1.08 bits per heavy atom. The summed E-state index contributed by atoms with van der Waals surface area (Å²) in [5, 5.41) is 6.19. The summed E-state index contributed by atoms with van der Waals surface area (Å²) in [4.78, 5) is 29.6. The maximum Gasteiger partial charge on any atom is 0.229 e. The molecule has 1 aromatic carbocycles. The first-order valence-electron chi connectivity index (χ1n) is 12.0. The Balaban J connectivity index is 1.42. The van der Waals surface area contributed by atoms with Gasteiger partial charge < -0.3 is 15.2 Å². The number of hydrogen-bond donors (Lipinski definition) is 2. The molecule has 1 saturated heterocycles. The van der Waals surface area contributed by atoms with E-state index in [0.29, 0.717) is 22.7 Å². The van der Waals surface area contributed by atoms with Gasteiger partial charge >= 0.3 is 0 Å². The highest BCUT2D eigenvalue weighted by atomic mass is 19.1. The van der Waals surface area contributed by atoms with Crippen LogP contribution in [0, 0.1) is 24.5 Å². The van der Waals surface area contributed by atoms with Crippen LogP contribution >= 0.6 is 0 Å². The average Bonchev–Trinajstić information content (AvgIpc) is 3.22. The van der Waals surface area contributed by atoms with Crippen LogP contribution < -0.4 is 10.6 Å². The third-order valence-corrected chi connectivity index (χ3v) is 6.46. The maximum absolute atomic E-state index is 14.9. The van der Waals surface area contributed by atoms with E-state index in [1.807, 2.05) is 25.3 Å². The van der Waals surface area contributed by atoms with Crippen molar-refractivity contribution in [1.29, 1.82) is 0 Å². The van der Waals surface area contributed by atoms with Gasteiger partial charge in [-0.05, 0) is 71.0 Å². The van der Waals surface area contributed by atoms with Gasteiger partial charge in [-0.3, -0.25) is 4.79 Å². The number of benzene rings is 1. The Morgan fingerprint density at radius 3 is 2.56 bits per heavy atom. The lowest BCUT2D eigenvalue weighted by molar-refractivity contribution is 0.0894. The molecule has 0 atom stereocenters. The highest BCUT2D eigenvalue weighted by molar-refractivity contribution is 5.97. The van der Waals surface area contributed by atoms with Gasteiger partial charge in [-0.15, -0.1) is 0 Å². The van der Waals surface area contributed by atoms with Crippen LogP contribution in [0.2, 0.25) is 0 Å². The zero-order chi connectivity index (χ0) is 25.4. The Hall–Kier alpha value is -3.79. The summed E-state index contributed by atoms with van der Waals surface area (Å²) in [6, 6.07) is 6.34. The summed E-state index contributed by atoms with van der Waals surface area (Å²) in [6.45, 7) is 7.44. The minimum Gasteiger partial charge on any atom is -0.326 e. The van der Waals surface area contributed by atoms with Crippen LogP contribution in [0.15, 0.2) is 36.7 Å². The molecule has 0 saturated carbocycles. The van der Waals surface area contributed by atoms with E-state index in [9.17, 15) is 13.6 Å². The largest absolute Gasteiger partial charge is 0.326 e. The zero-order valence-electron chi connectivity index (χ0n) is 20.3. The van der Waals surface area contributed by atoms with Gasteiger partial charge in [0, 0.05) is 29.3 Å². The molecular weight excluding hydrogens is 464 g/mol. The molecule has 3 aromatic heterocycles. The number of hydrogen-bond acceptors (Lipinski definition) is 7. The number of piperidine rings is 1. The smallest absolute Gasteiger partial charge is 0.229 e. The van der Waals surface area contributed by atoms with Crippen LogP contribution in [0.3, 0.4) is 0 Å². The topological polar surface area (TPSA) is 97.6 Å². The molecule has 1 fully saturated rings. The first-order chi connectivity index (χ1) is 17.3. The van der Waals surface area contributed by atoms with Gasteiger partial charge in [0.15, 0.2) is 17.4 Å². The molecule has 0 spiro atoms. The second-order valence-corrected chi connectivity index (χ2v) is 9.28. The van der Waals surface area contributed by atoms with Gasteiger partial charge in [0.1, 0.15) is 22.9 Å². The van der Waals surface area contributed by atoms with Crippen molar-refractivity contribution in [3.63, 3.8) is 0 Å². The molecule has 2 N–H and O–H groups in total. The van der Waals surface area contributed by atoms with E-state index >= 15 is 0 Å². The molecule has 5 rings (SSSR count). The van der Waals surface area contributed by atoms with Gasteiger partial charge in [-0.25, -0.2) is 28.7 Å². The number of anilines is 2. The highest BCUT2D eigenvalue weighted by Gasteiger charge is 2.22. The Kier molecular flexibility index (Phi) is 6.44. The molecular formula is C26H27F2N7O. The molecule has 36 heavy (non-hydrogen) atoms. The van der Waals surface area contributed by atoms with Gasteiger partial charge in [-0.1, -0.05) is 0 Å². The molecule has 4 aromatic rings. The fraction of sp³-hybridized carbons (Fsp3) is 0.346. The van der Waals surface area contributed by atoms with E-state index in [4.69, 9.17) is 0 Å². The first-order valence-corrected chi connectivity index (χ1v) is 12.0. The molecule has 4 heterocycles. The predicted octanol–water partition coefficient (Wildman–Crippen LogP) is 4.98. The molecule has 1 aliphatic heterocycles. The van der Waals surface area contributed by atoms with E-state index in [0.717, 1.165) is 32.1 Å². The number of carbonyl (C=O) groups excluding carboxylic acids is 1. The normalized spacial score (nSPS) is 14.5. The van der Waals surface area contributed by atoms with E-state index < -0.39 is 11.6 Å². The van der Waals surface area contributed by atoms with Crippen molar-refractivity contribution in [3.05, 3.63) is 59.7 Å². The first kappa shape index (κ1) is 23.9. The number of carbonyl (C=O) groups is 1.